The summed E-state index contributed by atoms with van der Waals surface area (Å²) in [6, 6.07) is 0. The molecule has 0 fully saturated rings. The Morgan fingerprint density at radius 2 is 2.08 bits per heavy atom. The summed E-state index contributed by atoms with van der Waals surface area (Å²) >= 11 is 1.64. The van der Waals surface area contributed by atoms with Crippen molar-refractivity contribution in [2.75, 3.05) is 5.73 Å². The van der Waals surface area contributed by atoms with Gasteiger partial charge in [0.15, 0.2) is 0 Å². The first-order chi connectivity index (χ1) is 6.27. The molecule has 0 aromatic carbocycles. The average molecular weight is 195 g/mol. The second-order valence-corrected chi connectivity index (χ2v) is 3.27. The smallest absolute Gasteiger partial charge is 0.220 e. The number of hydrogen-bond acceptors (Lipinski definition) is 4. The van der Waals surface area contributed by atoms with Crippen LogP contribution in [0.1, 0.15) is 19.4 Å². The summed E-state index contributed by atoms with van der Waals surface area (Å²) < 4.78 is 1.09. The summed E-state index contributed by atoms with van der Waals surface area (Å²) in [5, 5.41) is 2.05. The molecule has 0 saturated heterocycles. The van der Waals surface area contributed by atoms with E-state index in [0.717, 1.165) is 10.2 Å². The van der Waals surface area contributed by atoms with E-state index in [1.807, 2.05) is 20.8 Å². The average Bonchev–Trinajstić information content (AvgIpc) is 2.52. The predicted octanol–water partition coefficient (Wildman–Crippen LogP) is 2.61. The molecule has 2 heterocycles. The van der Waals surface area contributed by atoms with Gasteiger partial charge < -0.3 is 5.73 Å². The maximum atomic E-state index is 5.43. The molecular weight excluding hydrogens is 182 g/mol. The summed E-state index contributed by atoms with van der Waals surface area (Å²) in [7, 11) is 0. The number of rotatable bonds is 0. The minimum Gasteiger partial charge on any atom is -0.368 e. The number of aryl methyl sites for hydroxylation is 1. The lowest BCUT2D eigenvalue weighted by atomic mass is 10.3. The van der Waals surface area contributed by atoms with Crippen LogP contribution in [0.25, 0.3) is 10.2 Å². The maximum Gasteiger partial charge on any atom is 0.220 e. The third kappa shape index (κ3) is 1.95. The van der Waals surface area contributed by atoms with Crippen LogP contribution in [0, 0.1) is 6.92 Å². The minimum absolute atomic E-state index is 0.346. The molecule has 2 aromatic heterocycles. The number of anilines is 1. The number of nitrogens with two attached hydrogens (primary N) is 1. The van der Waals surface area contributed by atoms with Gasteiger partial charge in [0.25, 0.3) is 0 Å². The summed E-state index contributed by atoms with van der Waals surface area (Å²) in [6.45, 7) is 6.02. The fourth-order valence-corrected chi connectivity index (χ4v) is 1.81. The molecule has 70 valence electrons. The van der Waals surface area contributed by atoms with Crippen molar-refractivity contribution in [3.05, 3.63) is 17.1 Å². The van der Waals surface area contributed by atoms with Crippen molar-refractivity contribution in [3.63, 3.8) is 0 Å². The van der Waals surface area contributed by atoms with Crippen LogP contribution in [-0.2, 0) is 0 Å². The lowest BCUT2D eigenvalue weighted by molar-refractivity contribution is 1.24. The van der Waals surface area contributed by atoms with E-state index in [1.54, 1.807) is 17.5 Å². The molecule has 4 heteroatoms. The summed E-state index contributed by atoms with van der Waals surface area (Å²) in [6.07, 6.45) is 1.76. The van der Waals surface area contributed by atoms with Crippen molar-refractivity contribution in [2.24, 2.45) is 0 Å². The summed E-state index contributed by atoms with van der Waals surface area (Å²) in [4.78, 5) is 8.01. The minimum atomic E-state index is 0.346. The molecule has 3 nitrogen and oxygen atoms in total. The maximum absolute atomic E-state index is 5.43. The molecule has 0 aliphatic heterocycles. The fraction of sp³-hybridized carbons (Fsp3) is 0.333. The molecule has 0 bridgehead atoms. The van der Waals surface area contributed by atoms with Crippen molar-refractivity contribution < 1.29 is 0 Å². The molecule has 0 saturated carbocycles. The SMILES string of the molecule is CC.Cc1csc2cnc(N)nc12. The van der Waals surface area contributed by atoms with Gasteiger partial charge in [-0.05, 0) is 17.9 Å². The molecule has 0 aliphatic rings. The van der Waals surface area contributed by atoms with Gasteiger partial charge in [0.2, 0.25) is 5.95 Å². The van der Waals surface area contributed by atoms with Crippen LogP contribution < -0.4 is 5.73 Å². The summed E-state index contributed by atoms with van der Waals surface area (Å²) in [5.41, 5.74) is 7.57. The van der Waals surface area contributed by atoms with E-state index in [9.17, 15) is 0 Å². The Hall–Kier alpha value is -1.16. The van der Waals surface area contributed by atoms with Crippen molar-refractivity contribution in [1.29, 1.82) is 0 Å². The Morgan fingerprint density at radius 1 is 1.38 bits per heavy atom. The molecule has 0 atom stereocenters. The number of nitrogen functional groups attached to an aromatic ring is 1. The Morgan fingerprint density at radius 3 is 2.77 bits per heavy atom. The van der Waals surface area contributed by atoms with Crippen LogP contribution in [0.2, 0.25) is 0 Å². The monoisotopic (exact) mass is 195 g/mol. The highest BCUT2D eigenvalue weighted by molar-refractivity contribution is 7.17. The van der Waals surface area contributed by atoms with Gasteiger partial charge in [-0.2, -0.15) is 0 Å². The number of aromatic nitrogens is 2. The van der Waals surface area contributed by atoms with Gasteiger partial charge in [0.1, 0.15) is 0 Å². The summed E-state index contributed by atoms with van der Waals surface area (Å²) in [5.74, 6) is 0.346. The van der Waals surface area contributed by atoms with Gasteiger partial charge in [0, 0.05) is 0 Å². The largest absolute Gasteiger partial charge is 0.368 e. The number of nitrogens with zero attached hydrogens (tertiary/aromatic N) is 2. The number of thiophene rings is 1. The van der Waals surface area contributed by atoms with E-state index >= 15 is 0 Å². The topological polar surface area (TPSA) is 51.8 Å². The van der Waals surface area contributed by atoms with Crippen LogP contribution in [0.3, 0.4) is 0 Å². The highest BCUT2D eigenvalue weighted by atomic mass is 32.1. The van der Waals surface area contributed by atoms with Gasteiger partial charge in [0.05, 0.1) is 16.4 Å². The highest BCUT2D eigenvalue weighted by Gasteiger charge is 2.01. The van der Waals surface area contributed by atoms with Gasteiger partial charge in [-0.25, -0.2) is 9.97 Å². The Kier molecular flexibility index (Phi) is 3.19. The second-order valence-electron chi connectivity index (χ2n) is 2.36. The molecule has 2 aromatic rings. The highest BCUT2D eigenvalue weighted by Crippen LogP contribution is 2.22. The van der Waals surface area contributed by atoms with Gasteiger partial charge in [-0.3, -0.25) is 0 Å². The van der Waals surface area contributed by atoms with E-state index in [1.165, 1.54) is 5.56 Å². The van der Waals surface area contributed by atoms with Gasteiger partial charge in [-0.1, -0.05) is 13.8 Å². The first-order valence-corrected chi connectivity index (χ1v) is 5.11. The molecule has 2 rings (SSSR count). The number of hydrogen-bond donors (Lipinski definition) is 1. The third-order valence-corrected chi connectivity index (χ3v) is 2.53. The van der Waals surface area contributed by atoms with E-state index < -0.39 is 0 Å². The van der Waals surface area contributed by atoms with Crippen LogP contribution in [0.15, 0.2) is 11.6 Å². The van der Waals surface area contributed by atoms with Crippen LogP contribution in [0.5, 0.6) is 0 Å². The molecule has 0 radical (unpaired) electrons. The van der Waals surface area contributed by atoms with Crippen molar-refractivity contribution in [2.45, 2.75) is 20.8 Å². The molecule has 0 aliphatic carbocycles. The van der Waals surface area contributed by atoms with Crippen LogP contribution >= 0.6 is 11.3 Å². The lowest BCUT2D eigenvalue weighted by Crippen LogP contribution is -1.92. The van der Waals surface area contributed by atoms with E-state index in [0.29, 0.717) is 5.95 Å². The van der Waals surface area contributed by atoms with E-state index in [-0.39, 0.29) is 0 Å². The predicted molar refractivity (Wildman–Crippen MR) is 57.9 cm³/mol. The normalized spacial score (nSPS) is 9.46. The zero-order valence-electron chi connectivity index (χ0n) is 8.03. The zero-order valence-corrected chi connectivity index (χ0v) is 8.85. The fourth-order valence-electron chi connectivity index (χ4n) is 0.961. The van der Waals surface area contributed by atoms with Gasteiger partial charge in [-0.15, -0.1) is 11.3 Å². The van der Waals surface area contributed by atoms with Crippen LogP contribution in [-0.4, -0.2) is 9.97 Å². The van der Waals surface area contributed by atoms with E-state index in [2.05, 4.69) is 15.3 Å². The molecule has 13 heavy (non-hydrogen) atoms. The standard InChI is InChI=1S/C7H7N3S.C2H6/c1-4-3-11-5-2-9-7(8)10-6(4)5;1-2/h2-3H,1H3,(H2,8,9,10);1-2H3. The van der Waals surface area contributed by atoms with Crippen molar-refractivity contribution in [3.8, 4) is 0 Å². The van der Waals surface area contributed by atoms with E-state index in [4.69, 9.17) is 5.73 Å². The Bertz CT molecular complexity index is 395. The molecule has 0 amide bonds. The second kappa shape index (κ2) is 4.18. The first-order valence-electron chi connectivity index (χ1n) is 4.23. The molecule has 0 spiro atoms. The molecular formula is C9H13N3S. The first kappa shape index (κ1) is 9.92. The van der Waals surface area contributed by atoms with Crippen LogP contribution in [0.4, 0.5) is 5.95 Å². The molecule has 2 N–H and O–H groups in total. The third-order valence-electron chi connectivity index (χ3n) is 1.51. The molecule has 0 unspecified atom stereocenters. The quantitative estimate of drug-likeness (QED) is 0.703. The zero-order chi connectivity index (χ0) is 9.84. The Labute approximate surface area is 81.6 Å². The van der Waals surface area contributed by atoms with Crippen molar-refractivity contribution in [1.82, 2.24) is 9.97 Å². The van der Waals surface area contributed by atoms with Gasteiger partial charge >= 0.3 is 0 Å². The number of fused-ring (bicyclic) bond motifs is 1. The Balaban J connectivity index is 0.000000396. The van der Waals surface area contributed by atoms with Crippen molar-refractivity contribution >= 4 is 27.5 Å². The lowest BCUT2D eigenvalue weighted by Gasteiger charge is -1.91.